The molecule has 0 nitrogen and oxygen atoms in total. The quantitative estimate of drug-likeness (QED) is 0.699. The van der Waals surface area contributed by atoms with Crippen LogP contribution in [0.4, 0.5) is 13.2 Å². The molecule has 1 aromatic carbocycles. The lowest BCUT2D eigenvalue weighted by atomic mass is 9.99. The molecule has 0 aromatic heterocycles. The average Bonchev–Trinajstić information content (AvgIpc) is 2.14. The van der Waals surface area contributed by atoms with E-state index in [1.165, 1.54) is 12.1 Å². The van der Waals surface area contributed by atoms with E-state index in [0.29, 0.717) is 11.5 Å². The molecule has 96 valence electrons. The molecule has 0 bridgehead atoms. The second-order valence-electron chi connectivity index (χ2n) is 4.99. The highest BCUT2D eigenvalue weighted by molar-refractivity contribution is 5.31. The van der Waals surface area contributed by atoms with Gasteiger partial charge in [0.15, 0.2) is 0 Å². The van der Waals surface area contributed by atoms with Crippen molar-refractivity contribution in [3.8, 4) is 0 Å². The summed E-state index contributed by atoms with van der Waals surface area (Å²) in [6.07, 6.45) is -1.52. The van der Waals surface area contributed by atoms with Gasteiger partial charge in [0.25, 0.3) is 0 Å². The highest BCUT2D eigenvalue weighted by Crippen LogP contribution is 2.30. The van der Waals surface area contributed by atoms with Crippen LogP contribution in [0.2, 0.25) is 0 Å². The van der Waals surface area contributed by atoms with Crippen molar-refractivity contribution in [3.05, 3.63) is 34.9 Å². The number of rotatable bonds is 4. The van der Waals surface area contributed by atoms with Gasteiger partial charge >= 0.3 is 6.18 Å². The fourth-order valence-corrected chi connectivity index (χ4v) is 1.88. The smallest absolute Gasteiger partial charge is 0.166 e. The first-order chi connectivity index (χ1) is 7.79. The maximum Gasteiger partial charge on any atom is 0.416 e. The number of aryl methyl sites for hydroxylation is 2. The van der Waals surface area contributed by atoms with E-state index in [1.807, 2.05) is 6.07 Å². The van der Waals surface area contributed by atoms with Gasteiger partial charge in [-0.15, -0.1) is 0 Å². The first-order valence-electron chi connectivity index (χ1n) is 5.97. The van der Waals surface area contributed by atoms with E-state index >= 15 is 0 Å². The van der Waals surface area contributed by atoms with E-state index < -0.39 is 11.7 Å². The Hall–Kier alpha value is -0.990. The summed E-state index contributed by atoms with van der Waals surface area (Å²) in [5.74, 6) is 0.599. The molecule has 1 aromatic rings. The second-order valence-corrected chi connectivity index (χ2v) is 4.99. The van der Waals surface area contributed by atoms with Crippen LogP contribution in [-0.4, -0.2) is 0 Å². The summed E-state index contributed by atoms with van der Waals surface area (Å²) < 4.78 is 37.8. The molecule has 0 spiro atoms. The molecule has 0 heterocycles. The summed E-state index contributed by atoms with van der Waals surface area (Å²) in [5.41, 5.74) is 0.939. The molecule has 0 amide bonds. The van der Waals surface area contributed by atoms with E-state index in [-0.39, 0.29) is 0 Å². The summed E-state index contributed by atoms with van der Waals surface area (Å²) in [7, 11) is 0. The first-order valence-corrected chi connectivity index (χ1v) is 5.97. The molecule has 0 atom stereocenters. The van der Waals surface area contributed by atoms with Gasteiger partial charge in [-0.3, -0.25) is 0 Å². The molecular formula is C14H19F3. The van der Waals surface area contributed by atoms with E-state index in [1.54, 1.807) is 6.92 Å². The van der Waals surface area contributed by atoms with Gasteiger partial charge in [0, 0.05) is 0 Å². The average molecular weight is 244 g/mol. The minimum atomic E-state index is -4.24. The maximum atomic E-state index is 12.6. The Morgan fingerprint density at radius 1 is 1.12 bits per heavy atom. The van der Waals surface area contributed by atoms with Gasteiger partial charge in [-0.1, -0.05) is 31.9 Å². The Morgan fingerprint density at radius 3 is 2.29 bits per heavy atom. The topological polar surface area (TPSA) is 0 Å². The molecule has 0 radical (unpaired) electrons. The van der Waals surface area contributed by atoms with Gasteiger partial charge in [0.1, 0.15) is 0 Å². The summed E-state index contributed by atoms with van der Waals surface area (Å²) in [6, 6.07) is 4.31. The van der Waals surface area contributed by atoms with Gasteiger partial charge < -0.3 is 0 Å². The van der Waals surface area contributed by atoms with E-state index in [2.05, 4.69) is 13.8 Å². The van der Waals surface area contributed by atoms with Crippen molar-refractivity contribution in [2.75, 3.05) is 0 Å². The zero-order chi connectivity index (χ0) is 13.1. The van der Waals surface area contributed by atoms with Crippen LogP contribution in [0.5, 0.6) is 0 Å². The Kier molecular flexibility index (Phi) is 4.61. The highest BCUT2D eigenvalue weighted by Gasteiger charge is 2.30. The van der Waals surface area contributed by atoms with Crippen molar-refractivity contribution in [1.29, 1.82) is 0 Å². The second kappa shape index (κ2) is 5.56. The maximum absolute atomic E-state index is 12.6. The third-order valence-electron chi connectivity index (χ3n) is 2.71. The minimum Gasteiger partial charge on any atom is -0.166 e. The van der Waals surface area contributed by atoms with Crippen molar-refractivity contribution in [3.63, 3.8) is 0 Å². The standard InChI is InChI=1S/C14H19F3/c1-10(2)5-4-6-12-7-11(3)8-13(9-12)14(15,16)17/h7-10H,4-6H2,1-3H3. The van der Waals surface area contributed by atoms with E-state index in [0.717, 1.165) is 24.8 Å². The SMILES string of the molecule is Cc1cc(CCCC(C)C)cc(C(F)(F)F)c1. The van der Waals surface area contributed by atoms with Crippen LogP contribution in [0.25, 0.3) is 0 Å². The Labute approximate surface area is 101 Å². The fraction of sp³-hybridized carbons (Fsp3) is 0.571. The molecule has 1 rings (SSSR count). The molecule has 17 heavy (non-hydrogen) atoms. The molecule has 0 saturated heterocycles. The molecule has 0 saturated carbocycles. The van der Waals surface area contributed by atoms with E-state index in [4.69, 9.17) is 0 Å². The lowest BCUT2D eigenvalue weighted by Crippen LogP contribution is -2.06. The summed E-state index contributed by atoms with van der Waals surface area (Å²) in [5, 5.41) is 0. The van der Waals surface area contributed by atoms with Crippen LogP contribution in [0.3, 0.4) is 0 Å². The van der Waals surface area contributed by atoms with Crippen molar-refractivity contribution < 1.29 is 13.2 Å². The predicted molar refractivity (Wildman–Crippen MR) is 64.0 cm³/mol. The monoisotopic (exact) mass is 244 g/mol. The lowest BCUT2D eigenvalue weighted by Gasteiger charge is -2.11. The van der Waals surface area contributed by atoms with E-state index in [9.17, 15) is 13.2 Å². The minimum absolute atomic E-state index is 0.531. The molecular weight excluding hydrogens is 225 g/mol. The van der Waals surface area contributed by atoms with Gasteiger partial charge in [0.05, 0.1) is 5.56 Å². The van der Waals surface area contributed by atoms with Crippen molar-refractivity contribution >= 4 is 0 Å². The van der Waals surface area contributed by atoms with Gasteiger partial charge in [-0.25, -0.2) is 0 Å². The van der Waals surface area contributed by atoms with Gasteiger partial charge in [0.2, 0.25) is 0 Å². The van der Waals surface area contributed by atoms with Crippen molar-refractivity contribution in [2.45, 2.75) is 46.2 Å². The van der Waals surface area contributed by atoms with Crippen LogP contribution in [-0.2, 0) is 12.6 Å². The number of hydrogen-bond donors (Lipinski definition) is 0. The molecule has 3 heteroatoms. The van der Waals surface area contributed by atoms with Crippen LogP contribution in [0.1, 0.15) is 43.4 Å². The molecule has 0 aliphatic carbocycles. The predicted octanol–water partition coefficient (Wildman–Crippen LogP) is 4.99. The van der Waals surface area contributed by atoms with Crippen LogP contribution >= 0.6 is 0 Å². The Morgan fingerprint density at radius 2 is 1.76 bits per heavy atom. The van der Waals surface area contributed by atoms with Crippen molar-refractivity contribution in [2.24, 2.45) is 5.92 Å². The van der Waals surface area contributed by atoms with Crippen LogP contribution in [0, 0.1) is 12.8 Å². The highest BCUT2D eigenvalue weighted by atomic mass is 19.4. The Balaban J connectivity index is 2.76. The van der Waals surface area contributed by atoms with Crippen molar-refractivity contribution in [1.82, 2.24) is 0 Å². The lowest BCUT2D eigenvalue weighted by molar-refractivity contribution is -0.137. The number of halogens is 3. The molecule has 0 aliphatic rings. The largest absolute Gasteiger partial charge is 0.416 e. The summed E-state index contributed by atoms with van der Waals surface area (Å²) in [4.78, 5) is 0. The Bertz CT molecular complexity index is 364. The molecule has 0 fully saturated rings. The zero-order valence-corrected chi connectivity index (χ0v) is 10.6. The summed E-state index contributed by atoms with van der Waals surface area (Å²) in [6.45, 7) is 5.95. The number of hydrogen-bond acceptors (Lipinski definition) is 0. The van der Waals surface area contributed by atoms with Crippen LogP contribution < -0.4 is 0 Å². The fourth-order valence-electron chi connectivity index (χ4n) is 1.88. The summed E-state index contributed by atoms with van der Waals surface area (Å²) >= 11 is 0. The normalized spacial score (nSPS) is 12.2. The first kappa shape index (κ1) is 14.1. The molecule has 0 aliphatic heterocycles. The molecule has 0 N–H and O–H groups in total. The zero-order valence-electron chi connectivity index (χ0n) is 10.6. The number of alkyl halides is 3. The third kappa shape index (κ3) is 4.80. The van der Waals surface area contributed by atoms with Gasteiger partial charge in [-0.05, 0) is 43.4 Å². The van der Waals surface area contributed by atoms with Crippen LogP contribution in [0.15, 0.2) is 18.2 Å². The third-order valence-corrected chi connectivity index (χ3v) is 2.71. The number of benzene rings is 1. The van der Waals surface area contributed by atoms with Gasteiger partial charge in [-0.2, -0.15) is 13.2 Å². The molecule has 0 unspecified atom stereocenters.